The lowest BCUT2D eigenvalue weighted by Gasteiger charge is -2.09. The molecular formula is C13H10Cl3N3S. The monoisotopic (exact) mass is 345 g/mol. The maximum absolute atomic E-state index is 6.23. The van der Waals surface area contributed by atoms with Gasteiger partial charge in [0.2, 0.25) is 0 Å². The molecule has 0 bridgehead atoms. The molecule has 0 aliphatic rings. The molecule has 0 N–H and O–H groups in total. The standard InChI is InChI=1S/C13H10Cl3N3S/c1-7(14)13-18-10-4-8(15)9(16)5-11(10)19(13)6-12-17-2-3-20-12/h2-5,7H,6H2,1H3. The molecule has 20 heavy (non-hydrogen) atoms. The number of hydrogen-bond donors (Lipinski definition) is 0. The molecule has 2 heterocycles. The van der Waals surface area contributed by atoms with E-state index in [-0.39, 0.29) is 5.38 Å². The van der Waals surface area contributed by atoms with Crippen LogP contribution < -0.4 is 0 Å². The van der Waals surface area contributed by atoms with Gasteiger partial charge in [0, 0.05) is 11.6 Å². The van der Waals surface area contributed by atoms with Gasteiger partial charge in [-0.2, -0.15) is 0 Å². The summed E-state index contributed by atoms with van der Waals surface area (Å²) >= 11 is 20.0. The summed E-state index contributed by atoms with van der Waals surface area (Å²) in [6.45, 7) is 2.52. The molecule has 1 aromatic carbocycles. The molecule has 0 aliphatic carbocycles. The van der Waals surface area contributed by atoms with Crippen molar-refractivity contribution in [3.63, 3.8) is 0 Å². The van der Waals surface area contributed by atoms with Gasteiger partial charge in [0.15, 0.2) is 0 Å². The molecule has 0 fully saturated rings. The molecule has 0 spiro atoms. The van der Waals surface area contributed by atoms with Gasteiger partial charge < -0.3 is 4.57 Å². The molecule has 2 aromatic heterocycles. The van der Waals surface area contributed by atoms with Gasteiger partial charge in [-0.05, 0) is 19.1 Å². The van der Waals surface area contributed by atoms with E-state index in [1.807, 2.05) is 22.9 Å². The minimum Gasteiger partial charge on any atom is -0.320 e. The largest absolute Gasteiger partial charge is 0.320 e. The Morgan fingerprint density at radius 3 is 2.70 bits per heavy atom. The summed E-state index contributed by atoms with van der Waals surface area (Å²) in [6.07, 6.45) is 1.78. The molecule has 0 amide bonds. The molecule has 0 saturated heterocycles. The zero-order chi connectivity index (χ0) is 14.3. The average Bonchev–Trinajstić information content (AvgIpc) is 3.00. The van der Waals surface area contributed by atoms with Crippen LogP contribution in [0.25, 0.3) is 11.0 Å². The fourth-order valence-electron chi connectivity index (χ4n) is 2.07. The van der Waals surface area contributed by atoms with Crippen molar-refractivity contribution in [3.05, 3.63) is 44.6 Å². The van der Waals surface area contributed by atoms with E-state index in [0.717, 1.165) is 21.9 Å². The van der Waals surface area contributed by atoms with Crippen LogP contribution in [-0.4, -0.2) is 14.5 Å². The highest BCUT2D eigenvalue weighted by atomic mass is 35.5. The van der Waals surface area contributed by atoms with Gasteiger partial charge in [0.05, 0.1) is 33.0 Å². The van der Waals surface area contributed by atoms with Crippen molar-refractivity contribution in [2.45, 2.75) is 18.8 Å². The fourth-order valence-corrected chi connectivity index (χ4v) is 3.16. The van der Waals surface area contributed by atoms with Gasteiger partial charge in [-0.15, -0.1) is 22.9 Å². The van der Waals surface area contributed by atoms with Gasteiger partial charge in [-0.1, -0.05) is 23.2 Å². The number of benzene rings is 1. The molecule has 3 nitrogen and oxygen atoms in total. The van der Waals surface area contributed by atoms with Crippen molar-refractivity contribution in [3.8, 4) is 0 Å². The number of halogens is 3. The third-order valence-corrected chi connectivity index (χ3v) is 4.63. The van der Waals surface area contributed by atoms with Gasteiger partial charge in [-0.25, -0.2) is 9.97 Å². The minimum absolute atomic E-state index is 0.208. The lowest BCUT2D eigenvalue weighted by molar-refractivity contribution is 0.738. The van der Waals surface area contributed by atoms with Crippen LogP contribution in [0.3, 0.4) is 0 Å². The van der Waals surface area contributed by atoms with Crippen molar-refractivity contribution in [2.24, 2.45) is 0 Å². The average molecular weight is 347 g/mol. The zero-order valence-electron chi connectivity index (χ0n) is 10.5. The molecule has 104 valence electrons. The van der Waals surface area contributed by atoms with E-state index in [1.54, 1.807) is 23.6 Å². The van der Waals surface area contributed by atoms with Crippen molar-refractivity contribution >= 4 is 57.2 Å². The van der Waals surface area contributed by atoms with E-state index >= 15 is 0 Å². The molecule has 7 heteroatoms. The lowest BCUT2D eigenvalue weighted by atomic mass is 10.3. The van der Waals surface area contributed by atoms with Crippen LogP contribution in [0.1, 0.15) is 23.1 Å². The third kappa shape index (κ3) is 2.53. The van der Waals surface area contributed by atoms with Crippen LogP contribution in [0.4, 0.5) is 0 Å². The van der Waals surface area contributed by atoms with Crippen molar-refractivity contribution in [1.82, 2.24) is 14.5 Å². The van der Waals surface area contributed by atoms with E-state index in [4.69, 9.17) is 34.8 Å². The number of fused-ring (bicyclic) bond motifs is 1. The highest BCUT2D eigenvalue weighted by Gasteiger charge is 2.17. The number of rotatable bonds is 3. The van der Waals surface area contributed by atoms with Crippen LogP contribution in [0, 0.1) is 0 Å². The molecular weight excluding hydrogens is 337 g/mol. The first-order valence-electron chi connectivity index (χ1n) is 5.94. The lowest BCUT2D eigenvalue weighted by Crippen LogP contribution is -2.05. The Hall–Kier alpha value is -0.810. The van der Waals surface area contributed by atoms with E-state index in [2.05, 4.69) is 9.97 Å². The Morgan fingerprint density at radius 1 is 1.30 bits per heavy atom. The topological polar surface area (TPSA) is 30.7 Å². The predicted octanol–water partition coefficient (Wildman–Crippen LogP) is 5.15. The maximum atomic E-state index is 6.23. The molecule has 0 radical (unpaired) electrons. The number of aromatic nitrogens is 3. The summed E-state index contributed by atoms with van der Waals surface area (Å²) in [5.74, 6) is 0.787. The molecule has 1 atom stereocenters. The van der Waals surface area contributed by atoms with Crippen LogP contribution in [-0.2, 0) is 6.54 Å². The van der Waals surface area contributed by atoms with Crippen LogP contribution >= 0.6 is 46.1 Å². The molecule has 3 aromatic rings. The zero-order valence-corrected chi connectivity index (χ0v) is 13.6. The first-order chi connectivity index (χ1) is 9.56. The Morgan fingerprint density at radius 2 is 2.05 bits per heavy atom. The Labute approximate surface area is 135 Å². The second-order valence-electron chi connectivity index (χ2n) is 4.35. The van der Waals surface area contributed by atoms with Crippen molar-refractivity contribution in [2.75, 3.05) is 0 Å². The number of alkyl halides is 1. The quantitative estimate of drug-likeness (QED) is 0.614. The Kier molecular flexibility index (Phi) is 3.91. The predicted molar refractivity (Wildman–Crippen MR) is 85.2 cm³/mol. The van der Waals surface area contributed by atoms with Crippen LogP contribution in [0.15, 0.2) is 23.7 Å². The first-order valence-corrected chi connectivity index (χ1v) is 8.01. The number of thiazole rings is 1. The van der Waals surface area contributed by atoms with Gasteiger partial charge in [-0.3, -0.25) is 0 Å². The molecule has 0 aliphatic heterocycles. The molecule has 1 unspecified atom stereocenters. The summed E-state index contributed by atoms with van der Waals surface area (Å²) in [5.41, 5.74) is 1.70. The van der Waals surface area contributed by atoms with Crippen LogP contribution in [0.5, 0.6) is 0 Å². The summed E-state index contributed by atoms with van der Waals surface area (Å²) < 4.78 is 2.04. The number of hydrogen-bond acceptors (Lipinski definition) is 3. The Bertz CT molecular complexity index is 750. The van der Waals surface area contributed by atoms with E-state index in [9.17, 15) is 0 Å². The third-order valence-electron chi connectivity index (χ3n) is 2.95. The Balaban J connectivity index is 2.20. The SMILES string of the molecule is CC(Cl)c1nc2cc(Cl)c(Cl)cc2n1Cc1nccs1. The summed E-state index contributed by atoms with van der Waals surface area (Å²) in [4.78, 5) is 8.87. The van der Waals surface area contributed by atoms with Crippen molar-refractivity contribution < 1.29 is 0 Å². The maximum Gasteiger partial charge on any atom is 0.128 e. The normalized spacial score (nSPS) is 13.0. The summed E-state index contributed by atoms with van der Waals surface area (Å²) in [6, 6.07) is 3.59. The molecule has 0 saturated carbocycles. The van der Waals surface area contributed by atoms with Gasteiger partial charge >= 0.3 is 0 Å². The van der Waals surface area contributed by atoms with E-state index in [0.29, 0.717) is 16.6 Å². The summed E-state index contributed by atoms with van der Waals surface area (Å²) in [5, 5.41) is 3.73. The summed E-state index contributed by atoms with van der Waals surface area (Å²) in [7, 11) is 0. The van der Waals surface area contributed by atoms with E-state index < -0.39 is 0 Å². The van der Waals surface area contributed by atoms with Gasteiger partial charge in [0.1, 0.15) is 10.8 Å². The van der Waals surface area contributed by atoms with Crippen molar-refractivity contribution in [1.29, 1.82) is 0 Å². The fraction of sp³-hybridized carbons (Fsp3) is 0.231. The molecule has 3 rings (SSSR count). The second-order valence-corrected chi connectivity index (χ2v) is 6.80. The van der Waals surface area contributed by atoms with Gasteiger partial charge in [0.25, 0.3) is 0 Å². The second kappa shape index (κ2) is 5.53. The number of imidazole rings is 1. The van der Waals surface area contributed by atoms with Crippen LogP contribution in [0.2, 0.25) is 10.0 Å². The highest BCUT2D eigenvalue weighted by molar-refractivity contribution is 7.09. The smallest absolute Gasteiger partial charge is 0.128 e. The van der Waals surface area contributed by atoms with E-state index in [1.165, 1.54) is 0 Å². The number of nitrogens with zero attached hydrogens (tertiary/aromatic N) is 3. The minimum atomic E-state index is -0.208. The first kappa shape index (κ1) is 14.1. The highest BCUT2D eigenvalue weighted by Crippen LogP contribution is 2.31.